The highest BCUT2D eigenvalue weighted by Gasteiger charge is 2.01. The fourth-order valence-electron chi connectivity index (χ4n) is 1.16. The molecule has 2 nitrogen and oxygen atoms in total. The van der Waals surface area contributed by atoms with Crippen LogP contribution in [0.4, 0.5) is 0 Å². The molecule has 2 heteroatoms. The molecule has 0 aromatic heterocycles. The summed E-state index contributed by atoms with van der Waals surface area (Å²) in [7, 11) is 0. The van der Waals surface area contributed by atoms with Gasteiger partial charge in [0.1, 0.15) is 5.78 Å². The smallest absolute Gasteiger partial charge is 0.152 e. The summed E-state index contributed by atoms with van der Waals surface area (Å²) in [5, 5.41) is 8.31. The van der Waals surface area contributed by atoms with Crippen LogP contribution in [0.1, 0.15) is 18.1 Å². The zero-order chi connectivity index (χ0) is 10.4. The van der Waals surface area contributed by atoms with Crippen molar-refractivity contribution in [3.8, 4) is 17.9 Å². The Hall–Kier alpha value is -2.06. The van der Waals surface area contributed by atoms with Gasteiger partial charge in [0.2, 0.25) is 0 Å². The van der Waals surface area contributed by atoms with Gasteiger partial charge in [-0.2, -0.15) is 5.26 Å². The van der Waals surface area contributed by atoms with Crippen molar-refractivity contribution in [2.24, 2.45) is 0 Å². The van der Waals surface area contributed by atoms with Crippen molar-refractivity contribution in [3.63, 3.8) is 0 Å². The third-order valence-electron chi connectivity index (χ3n) is 1.71. The van der Waals surface area contributed by atoms with Crippen molar-refractivity contribution < 1.29 is 4.79 Å². The SMILES string of the molecule is CC(=O)Cc1ccccc1C#CC#N. The Morgan fingerprint density at radius 2 is 2.14 bits per heavy atom. The van der Waals surface area contributed by atoms with Crippen molar-refractivity contribution in [2.45, 2.75) is 13.3 Å². The Kier molecular flexibility index (Phi) is 3.47. The summed E-state index contributed by atoms with van der Waals surface area (Å²) in [5.74, 6) is 5.12. The average Bonchev–Trinajstić information content (AvgIpc) is 2.16. The van der Waals surface area contributed by atoms with Gasteiger partial charge in [-0.15, -0.1) is 0 Å². The normalized spacial score (nSPS) is 8.29. The quantitative estimate of drug-likeness (QED) is 0.655. The summed E-state index contributed by atoms with van der Waals surface area (Å²) < 4.78 is 0. The first-order chi connectivity index (χ1) is 6.74. The van der Waals surface area contributed by atoms with Crippen LogP contribution in [0.3, 0.4) is 0 Å². The number of nitriles is 1. The molecule has 68 valence electrons. The second kappa shape index (κ2) is 4.84. The fourth-order valence-corrected chi connectivity index (χ4v) is 1.16. The van der Waals surface area contributed by atoms with E-state index in [0.29, 0.717) is 6.42 Å². The molecule has 1 aromatic carbocycles. The lowest BCUT2D eigenvalue weighted by molar-refractivity contribution is -0.116. The average molecular weight is 183 g/mol. The molecule has 0 atom stereocenters. The first-order valence-electron chi connectivity index (χ1n) is 4.21. The van der Waals surface area contributed by atoms with Crippen molar-refractivity contribution in [3.05, 3.63) is 35.4 Å². The number of ketones is 1. The number of nitrogens with zero attached hydrogens (tertiary/aromatic N) is 1. The summed E-state index contributed by atoms with van der Waals surface area (Å²) in [6, 6.07) is 9.10. The third-order valence-corrected chi connectivity index (χ3v) is 1.71. The minimum Gasteiger partial charge on any atom is -0.300 e. The molecule has 0 heterocycles. The van der Waals surface area contributed by atoms with Gasteiger partial charge in [0.05, 0.1) is 0 Å². The summed E-state index contributed by atoms with van der Waals surface area (Å²) in [6.45, 7) is 1.54. The number of carbonyl (C=O) groups is 1. The van der Waals surface area contributed by atoms with E-state index in [9.17, 15) is 4.79 Å². The van der Waals surface area contributed by atoms with Gasteiger partial charge in [-0.3, -0.25) is 4.79 Å². The van der Waals surface area contributed by atoms with Gasteiger partial charge < -0.3 is 0 Å². The molecule has 0 aliphatic carbocycles. The predicted octanol–water partition coefficient (Wildman–Crippen LogP) is 1.69. The van der Waals surface area contributed by atoms with Gasteiger partial charge in [-0.05, 0) is 18.6 Å². The lowest BCUT2D eigenvalue weighted by atomic mass is 10.0. The van der Waals surface area contributed by atoms with Crippen LogP contribution in [-0.2, 0) is 11.2 Å². The molecule has 1 rings (SSSR count). The largest absolute Gasteiger partial charge is 0.300 e. The van der Waals surface area contributed by atoms with Gasteiger partial charge in [-0.1, -0.05) is 24.1 Å². The van der Waals surface area contributed by atoms with E-state index in [1.807, 2.05) is 24.3 Å². The molecule has 0 saturated carbocycles. The second-order valence-electron chi connectivity index (χ2n) is 2.90. The molecule has 14 heavy (non-hydrogen) atoms. The Labute approximate surface area is 83.2 Å². The molecule has 0 fully saturated rings. The molecule has 0 bridgehead atoms. The van der Waals surface area contributed by atoms with E-state index in [-0.39, 0.29) is 5.78 Å². The van der Waals surface area contributed by atoms with Crippen LogP contribution in [0, 0.1) is 23.2 Å². The Morgan fingerprint density at radius 3 is 2.79 bits per heavy atom. The lowest BCUT2D eigenvalue weighted by Crippen LogP contribution is -1.98. The van der Waals surface area contributed by atoms with Crippen molar-refractivity contribution in [2.75, 3.05) is 0 Å². The lowest BCUT2D eigenvalue weighted by Gasteiger charge is -2.00. The van der Waals surface area contributed by atoms with E-state index in [1.54, 1.807) is 6.07 Å². The first-order valence-corrected chi connectivity index (χ1v) is 4.21. The number of rotatable bonds is 2. The zero-order valence-corrected chi connectivity index (χ0v) is 7.87. The molecule has 0 radical (unpaired) electrons. The minimum absolute atomic E-state index is 0.0937. The van der Waals surface area contributed by atoms with Crippen LogP contribution in [0.15, 0.2) is 24.3 Å². The minimum atomic E-state index is 0.0937. The molecule has 0 saturated heterocycles. The van der Waals surface area contributed by atoms with E-state index in [0.717, 1.165) is 11.1 Å². The van der Waals surface area contributed by atoms with Crippen molar-refractivity contribution in [1.29, 1.82) is 5.26 Å². The van der Waals surface area contributed by atoms with Gasteiger partial charge in [-0.25, -0.2) is 0 Å². The number of benzene rings is 1. The number of hydrogen-bond acceptors (Lipinski definition) is 2. The van der Waals surface area contributed by atoms with E-state index < -0.39 is 0 Å². The maximum atomic E-state index is 10.9. The summed E-state index contributed by atoms with van der Waals surface area (Å²) in [4.78, 5) is 10.9. The Bertz CT molecular complexity index is 443. The van der Waals surface area contributed by atoms with Crippen molar-refractivity contribution >= 4 is 5.78 Å². The maximum absolute atomic E-state index is 10.9. The standard InChI is InChI=1S/C12H9NO/c1-10(14)9-12-6-3-2-5-11(12)7-4-8-13/h2-3,5-6H,9H2,1H3. The summed E-state index contributed by atoms with van der Waals surface area (Å²) in [5.41, 5.74) is 1.63. The van der Waals surface area contributed by atoms with Crippen LogP contribution < -0.4 is 0 Å². The van der Waals surface area contributed by atoms with E-state index in [1.165, 1.54) is 6.92 Å². The number of Topliss-reactive ketones (excluding diaryl/α,β-unsaturated/α-hetero) is 1. The molecule has 0 aliphatic heterocycles. The number of carbonyl (C=O) groups excluding carboxylic acids is 1. The molecule has 0 unspecified atom stereocenters. The predicted molar refractivity (Wildman–Crippen MR) is 53.3 cm³/mol. The Morgan fingerprint density at radius 1 is 1.43 bits per heavy atom. The molecule has 0 aliphatic rings. The fraction of sp³-hybridized carbons (Fsp3) is 0.167. The highest BCUT2D eigenvalue weighted by Crippen LogP contribution is 2.08. The van der Waals surface area contributed by atoms with E-state index in [2.05, 4.69) is 11.8 Å². The molecular weight excluding hydrogens is 174 g/mol. The highest BCUT2D eigenvalue weighted by atomic mass is 16.1. The topological polar surface area (TPSA) is 40.9 Å². The van der Waals surface area contributed by atoms with E-state index in [4.69, 9.17) is 5.26 Å². The molecule has 0 spiro atoms. The highest BCUT2D eigenvalue weighted by molar-refractivity contribution is 5.79. The number of hydrogen-bond donors (Lipinski definition) is 0. The van der Waals surface area contributed by atoms with Crippen LogP contribution in [0.2, 0.25) is 0 Å². The van der Waals surface area contributed by atoms with Crippen LogP contribution in [0.5, 0.6) is 0 Å². The van der Waals surface area contributed by atoms with Crippen molar-refractivity contribution in [1.82, 2.24) is 0 Å². The summed E-state index contributed by atoms with van der Waals surface area (Å²) in [6.07, 6.45) is 0.371. The Balaban J connectivity index is 3.04. The van der Waals surface area contributed by atoms with Crippen LogP contribution in [0.25, 0.3) is 0 Å². The molecule has 1 aromatic rings. The zero-order valence-electron chi connectivity index (χ0n) is 7.87. The third kappa shape index (κ3) is 2.77. The summed E-state index contributed by atoms with van der Waals surface area (Å²) >= 11 is 0. The monoisotopic (exact) mass is 183 g/mol. The van der Waals surface area contributed by atoms with Gasteiger partial charge in [0, 0.05) is 17.9 Å². The molecular formula is C12H9NO. The first kappa shape index (κ1) is 10.0. The molecule has 0 amide bonds. The van der Waals surface area contributed by atoms with Gasteiger partial charge in [0.15, 0.2) is 6.07 Å². The maximum Gasteiger partial charge on any atom is 0.152 e. The van der Waals surface area contributed by atoms with Crippen LogP contribution >= 0.6 is 0 Å². The van der Waals surface area contributed by atoms with Gasteiger partial charge >= 0.3 is 0 Å². The van der Waals surface area contributed by atoms with Gasteiger partial charge in [0.25, 0.3) is 0 Å². The van der Waals surface area contributed by atoms with E-state index >= 15 is 0 Å². The second-order valence-corrected chi connectivity index (χ2v) is 2.90. The molecule has 0 N–H and O–H groups in total. The van der Waals surface area contributed by atoms with Crippen LogP contribution in [-0.4, -0.2) is 5.78 Å².